The van der Waals surface area contributed by atoms with Crippen LogP contribution in [0.1, 0.15) is 10.4 Å². The molecule has 0 N–H and O–H groups in total. The molecule has 3 aromatic carbocycles. The highest BCUT2D eigenvalue weighted by Gasteiger charge is 2.15. The molecule has 5 nitrogen and oxygen atoms in total. The first-order chi connectivity index (χ1) is 14.6. The number of carbonyl (C=O) groups excluding carboxylic acids is 1. The van der Waals surface area contributed by atoms with Crippen LogP contribution in [0.25, 0.3) is 16.6 Å². The van der Waals surface area contributed by atoms with Gasteiger partial charge in [0, 0.05) is 10.0 Å². The Morgan fingerprint density at radius 1 is 1.07 bits per heavy atom. The van der Waals surface area contributed by atoms with Crippen molar-refractivity contribution in [3.63, 3.8) is 0 Å². The maximum absolute atomic E-state index is 13.2. The van der Waals surface area contributed by atoms with Gasteiger partial charge in [-0.25, -0.2) is 4.98 Å². The lowest BCUT2D eigenvalue weighted by molar-refractivity contribution is 0.102. The summed E-state index contributed by atoms with van der Waals surface area (Å²) in [6, 6.07) is 21.7. The molecule has 0 spiro atoms. The number of rotatable bonds is 6. The molecule has 30 heavy (non-hydrogen) atoms. The van der Waals surface area contributed by atoms with Crippen LogP contribution < -0.4 is 10.3 Å². The van der Waals surface area contributed by atoms with Gasteiger partial charge in [0.05, 0.1) is 29.5 Å². The molecular formula is C23H17BrN2O3S. The lowest BCUT2D eigenvalue weighted by Gasteiger charge is -2.13. The van der Waals surface area contributed by atoms with Gasteiger partial charge in [-0.1, -0.05) is 52.0 Å². The van der Waals surface area contributed by atoms with Crippen molar-refractivity contribution in [3.8, 4) is 11.4 Å². The Morgan fingerprint density at radius 3 is 2.60 bits per heavy atom. The van der Waals surface area contributed by atoms with Crippen molar-refractivity contribution in [3.05, 3.63) is 93.2 Å². The van der Waals surface area contributed by atoms with E-state index in [-0.39, 0.29) is 17.1 Å². The first-order valence-corrected chi connectivity index (χ1v) is 10.9. The standard InChI is InChI=1S/C23H17BrN2O3S/c1-29-18-6-4-5-15(13-18)21(27)14-30-23-25-20-8-3-2-7-19(20)22(28)26(23)17-11-9-16(24)10-12-17/h2-13H,14H2,1H3. The summed E-state index contributed by atoms with van der Waals surface area (Å²) in [6.07, 6.45) is 0. The Bertz CT molecular complexity index is 1290. The Labute approximate surface area is 185 Å². The third kappa shape index (κ3) is 4.17. The van der Waals surface area contributed by atoms with E-state index in [1.54, 1.807) is 48.1 Å². The molecule has 7 heteroatoms. The van der Waals surface area contributed by atoms with Crippen LogP contribution in [0.3, 0.4) is 0 Å². The van der Waals surface area contributed by atoms with Crippen molar-refractivity contribution >= 4 is 44.4 Å². The lowest BCUT2D eigenvalue weighted by Crippen LogP contribution is -2.22. The number of halogens is 1. The number of hydrogen-bond acceptors (Lipinski definition) is 5. The molecule has 4 aromatic rings. The number of ketones is 1. The molecule has 1 heterocycles. The first kappa shape index (κ1) is 20.4. The van der Waals surface area contributed by atoms with Gasteiger partial charge in [0.1, 0.15) is 5.75 Å². The van der Waals surface area contributed by atoms with Gasteiger partial charge in [-0.3, -0.25) is 14.2 Å². The van der Waals surface area contributed by atoms with Gasteiger partial charge in [-0.15, -0.1) is 0 Å². The molecule has 0 unspecified atom stereocenters. The van der Waals surface area contributed by atoms with Gasteiger partial charge in [0.2, 0.25) is 0 Å². The number of para-hydroxylation sites is 1. The number of methoxy groups -OCH3 is 1. The Hall–Kier alpha value is -2.90. The van der Waals surface area contributed by atoms with Crippen LogP contribution >= 0.6 is 27.7 Å². The monoisotopic (exact) mass is 480 g/mol. The first-order valence-electron chi connectivity index (χ1n) is 9.14. The Balaban J connectivity index is 1.73. The minimum Gasteiger partial charge on any atom is -0.497 e. The fraction of sp³-hybridized carbons (Fsp3) is 0.0870. The summed E-state index contributed by atoms with van der Waals surface area (Å²) in [7, 11) is 1.56. The largest absolute Gasteiger partial charge is 0.497 e. The van der Waals surface area contributed by atoms with Crippen LogP contribution in [0.2, 0.25) is 0 Å². The highest BCUT2D eigenvalue weighted by molar-refractivity contribution is 9.10. The predicted molar refractivity (Wildman–Crippen MR) is 123 cm³/mol. The summed E-state index contributed by atoms with van der Waals surface area (Å²) in [5.41, 5.74) is 1.68. The topological polar surface area (TPSA) is 61.2 Å². The molecule has 0 saturated carbocycles. The highest BCUT2D eigenvalue weighted by atomic mass is 79.9. The fourth-order valence-electron chi connectivity index (χ4n) is 3.04. The third-order valence-electron chi connectivity index (χ3n) is 4.55. The van der Waals surface area contributed by atoms with E-state index in [0.29, 0.717) is 33.1 Å². The Morgan fingerprint density at radius 2 is 1.83 bits per heavy atom. The number of thioether (sulfide) groups is 1. The Kier molecular flexibility index (Phi) is 6.01. The summed E-state index contributed by atoms with van der Waals surface area (Å²) in [4.78, 5) is 30.6. The van der Waals surface area contributed by atoms with E-state index in [1.807, 2.05) is 36.4 Å². The second-order valence-electron chi connectivity index (χ2n) is 6.47. The van der Waals surface area contributed by atoms with Crippen molar-refractivity contribution in [2.45, 2.75) is 5.16 Å². The van der Waals surface area contributed by atoms with Crippen molar-refractivity contribution < 1.29 is 9.53 Å². The number of benzene rings is 3. The van der Waals surface area contributed by atoms with Crippen LogP contribution in [-0.2, 0) is 0 Å². The van der Waals surface area contributed by atoms with Crippen LogP contribution in [-0.4, -0.2) is 28.2 Å². The van der Waals surface area contributed by atoms with Crippen molar-refractivity contribution in [2.75, 3.05) is 12.9 Å². The summed E-state index contributed by atoms with van der Waals surface area (Å²) in [5, 5.41) is 1.00. The van der Waals surface area contributed by atoms with E-state index < -0.39 is 0 Å². The van der Waals surface area contributed by atoms with Gasteiger partial charge in [-0.2, -0.15) is 0 Å². The van der Waals surface area contributed by atoms with Gasteiger partial charge < -0.3 is 4.74 Å². The lowest BCUT2D eigenvalue weighted by atomic mass is 10.1. The average molecular weight is 481 g/mol. The summed E-state index contributed by atoms with van der Waals surface area (Å²) >= 11 is 4.66. The molecule has 150 valence electrons. The van der Waals surface area contributed by atoms with E-state index in [1.165, 1.54) is 11.8 Å². The molecule has 0 aliphatic heterocycles. The fourth-order valence-corrected chi connectivity index (χ4v) is 4.21. The molecule has 1 aromatic heterocycles. The molecule has 0 bridgehead atoms. The maximum atomic E-state index is 13.2. The molecule has 0 aliphatic carbocycles. The van der Waals surface area contributed by atoms with Crippen LogP contribution in [0, 0.1) is 0 Å². The van der Waals surface area contributed by atoms with E-state index in [0.717, 1.165) is 4.47 Å². The van der Waals surface area contributed by atoms with Gasteiger partial charge in [0.15, 0.2) is 10.9 Å². The number of hydrogen-bond donors (Lipinski definition) is 0. The third-order valence-corrected chi connectivity index (χ3v) is 6.02. The molecular weight excluding hydrogens is 464 g/mol. The zero-order valence-corrected chi connectivity index (χ0v) is 18.4. The van der Waals surface area contributed by atoms with Crippen molar-refractivity contribution in [1.82, 2.24) is 9.55 Å². The zero-order chi connectivity index (χ0) is 21.1. The van der Waals surface area contributed by atoms with E-state index in [9.17, 15) is 9.59 Å². The predicted octanol–water partition coefficient (Wildman–Crippen LogP) is 5.13. The van der Waals surface area contributed by atoms with E-state index in [2.05, 4.69) is 20.9 Å². The summed E-state index contributed by atoms with van der Waals surface area (Å²) in [5.74, 6) is 0.708. The van der Waals surface area contributed by atoms with E-state index in [4.69, 9.17) is 4.74 Å². The van der Waals surface area contributed by atoms with Crippen LogP contribution in [0.4, 0.5) is 0 Å². The molecule has 0 radical (unpaired) electrons. The molecule has 4 rings (SSSR count). The van der Waals surface area contributed by atoms with Crippen LogP contribution in [0.15, 0.2) is 87.2 Å². The van der Waals surface area contributed by atoms with Crippen molar-refractivity contribution in [2.24, 2.45) is 0 Å². The second-order valence-corrected chi connectivity index (χ2v) is 8.33. The van der Waals surface area contributed by atoms with Crippen molar-refractivity contribution in [1.29, 1.82) is 0 Å². The van der Waals surface area contributed by atoms with Gasteiger partial charge in [-0.05, 0) is 48.5 Å². The SMILES string of the molecule is COc1cccc(C(=O)CSc2nc3ccccc3c(=O)n2-c2ccc(Br)cc2)c1. The smallest absolute Gasteiger partial charge is 0.266 e. The number of aromatic nitrogens is 2. The normalized spacial score (nSPS) is 10.9. The zero-order valence-electron chi connectivity index (χ0n) is 16.0. The molecule has 0 saturated heterocycles. The highest BCUT2D eigenvalue weighted by Crippen LogP contribution is 2.24. The number of Topliss-reactive ketones (excluding diaryl/α,β-unsaturated/α-hetero) is 1. The molecule has 0 amide bonds. The molecule has 0 fully saturated rings. The van der Waals surface area contributed by atoms with Gasteiger partial charge >= 0.3 is 0 Å². The summed E-state index contributed by atoms with van der Waals surface area (Å²) < 4.78 is 7.66. The molecule has 0 aliphatic rings. The number of ether oxygens (including phenoxy) is 1. The minimum atomic E-state index is -0.167. The number of nitrogens with zero attached hydrogens (tertiary/aromatic N) is 2. The average Bonchev–Trinajstić information content (AvgIpc) is 2.78. The second kappa shape index (κ2) is 8.85. The van der Waals surface area contributed by atoms with E-state index >= 15 is 0 Å². The number of fused-ring (bicyclic) bond motifs is 1. The van der Waals surface area contributed by atoms with Crippen LogP contribution in [0.5, 0.6) is 5.75 Å². The minimum absolute atomic E-state index is 0.0661. The molecule has 0 atom stereocenters. The van der Waals surface area contributed by atoms with Gasteiger partial charge in [0.25, 0.3) is 5.56 Å². The number of carbonyl (C=O) groups is 1. The summed E-state index contributed by atoms with van der Waals surface area (Å²) in [6.45, 7) is 0. The quantitative estimate of drug-likeness (QED) is 0.217. The maximum Gasteiger partial charge on any atom is 0.266 e.